The van der Waals surface area contributed by atoms with Crippen LogP contribution in [0, 0.1) is 0 Å². The van der Waals surface area contributed by atoms with Crippen LogP contribution in [-0.2, 0) is 4.75 Å². The number of aliphatic imine (C=N–C) groups is 1. The SMILES string of the molecule is CSC12CCCCC1=Nc1ccccc12. The molecule has 1 aliphatic carbocycles. The van der Waals surface area contributed by atoms with Gasteiger partial charge in [0.25, 0.3) is 0 Å². The highest BCUT2D eigenvalue weighted by molar-refractivity contribution is 8.00. The van der Waals surface area contributed by atoms with Gasteiger partial charge in [-0.1, -0.05) is 24.6 Å². The van der Waals surface area contributed by atoms with Gasteiger partial charge in [-0.3, -0.25) is 4.99 Å². The fourth-order valence-electron chi connectivity index (χ4n) is 2.84. The molecule has 1 atom stereocenters. The first kappa shape index (κ1) is 9.46. The molecular weight excluding hydrogens is 202 g/mol. The number of fused-ring (bicyclic) bond motifs is 3. The highest BCUT2D eigenvalue weighted by Gasteiger charge is 2.43. The Kier molecular flexibility index (Phi) is 2.13. The van der Waals surface area contributed by atoms with Crippen molar-refractivity contribution in [1.29, 1.82) is 0 Å². The Hall–Kier alpha value is -0.760. The van der Waals surface area contributed by atoms with Crippen molar-refractivity contribution in [2.75, 3.05) is 6.26 Å². The van der Waals surface area contributed by atoms with Crippen LogP contribution in [0.2, 0.25) is 0 Å². The number of nitrogens with zero attached hydrogens (tertiary/aromatic N) is 1. The lowest BCUT2D eigenvalue weighted by molar-refractivity contribution is 0.590. The molecular formula is C13H15NS. The minimum absolute atomic E-state index is 0.231. The smallest absolute Gasteiger partial charge is 0.0807 e. The molecule has 2 heteroatoms. The summed E-state index contributed by atoms with van der Waals surface area (Å²) in [6.07, 6.45) is 7.34. The molecule has 1 unspecified atom stereocenters. The van der Waals surface area contributed by atoms with Crippen LogP contribution in [0.3, 0.4) is 0 Å². The summed E-state index contributed by atoms with van der Waals surface area (Å²) in [6, 6.07) is 8.64. The van der Waals surface area contributed by atoms with E-state index in [1.54, 1.807) is 0 Å². The van der Waals surface area contributed by atoms with E-state index in [1.165, 1.54) is 42.6 Å². The van der Waals surface area contributed by atoms with E-state index in [-0.39, 0.29) is 4.75 Å². The first-order chi connectivity index (χ1) is 7.37. The Balaban J connectivity index is 2.18. The standard InChI is InChI=1S/C13H15NS/c1-15-13-9-5-4-8-12(13)14-11-7-3-2-6-10(11)13/h2-3,6-7H,4-5,8-9H2,1H3. The van der Waals surface area contributed by atoms with Crippen molar-refractivity contribution < 1.29 is 0 Å². The number of benzene rings is 1. The van der Waals surface area contributed by atoms with Crippen LogP contribution in [0.1, 0.15) is 31.2 Å². The normalized spacial score (nSPS) is 28.2. The third kappa shape index (κ3) is 1.21. The molecule has 1 nitrogen and oxygen atoms in total. The predicted molar refractivity (Wildman–Crippen MR) is 67.2 cm³/mol. The van der Waals surface area contributed by atoms with Gasteiger partial charge < -0.3 is 0 Å². The summed E-state index contributed by atoms with van der Waals surface area (Å²) >= 11 is 1.98. The van der Waals surface area contributed by atoms with Gasteiger partial charge in [-0.25, -0.2) is 0 Å². The highest BCUT2D eigenvalue weighted by Crippen LogP contribution is 2.52. The Morgan fingerprint density at radius 2 is 2.13 bits per heavy atom. The van der Waals surface area contributed by atoms with Crippen LogP contribution < -0.4 is 0 Å². The molecule has 15 heavy (non-hydrogen) atoms. The molecule has 1 fully saturated rings. The topological polar surface area (TPSA) is 12.4 Å². The molecule has 0 aromatic heterocycles. The van der Waals surface area contributed by atoms with Crippen molar-refractivity contribution in [1.82, 2.24) is 0 Å². The van der Waals surface area contributed by atoms with Crippen LogP contribution in [-0.4, -0.2) is 12.0 Å². The van der Waals surface area contributed by atoms with Gasteiger partial charge in [0.05, 0.1) is 10.4 Å². The third-order valence-corrected chi connectivity index (χ3v) is 4.96. The van der Waals surface area contributed by atoms with E-state index in [0.29, 0.717) is 0 Å². The van der Waals surface area contributed by atoms with Gasteiger partial charge in [-0.15, -0.1) is 11.8 Å². The summed E-state index contributed by atoms with van der Waals surface area (Å²) in [6.45, 7) is 0. The van der Waals surface area contributed by atoms with E-state index in [2.05, 4.69) is 30.5 Å². The Labute approximate surface area is 95.0 Å². The molecule has 0 N–H and O–H groups in total. The molecule has 1 heterocycles. The number of hydrogen-bond donors (Lipinski definition) is 0. The first-order valence-corrected chi connectivity index (χ1v) is 6.82. The summed E-state index contributed by atoms with van der Waals surface area (Å²) in [5, 5.41) is 0. The molecule has 0 saturated heterocycles. The molecule has 0 spiro atoms. The van der Waals surface area contributed by atoms with E-state index in [1.807, 2.05) is 11.8 Å². The monoisotopic (exact) mass is 217 g/mol. The maximum atomic E-state index is 4.81. The second-order valence-corrected chi connectivity index (χ2v) is 5.42. The zero-order valence-corrected chi connectivity index (χ0v) is 9.81. The average molecular weight is 217 g/mol. The second kappa shape index (κ2) is 3.38. The minimum atomic E-state index is 0.231. The number of rotatable bonds is 1. The molecule has 3 rings (SSSR count). The lowest BCUT2D eigenvalue weighted by Crippen LogP contribution is -2.32. The Morgan fingerprint density at radius 3 is 3.00 bits per heavy atom. The van der Waals surface area contributed by atoms with Crippen LogP contribution in [0.4, 0.5) is 5.69 Å². The van der Waals surface area contributed by atoms with Gasteiger partial charge in [0.2, 0.25) is 0 Å². The van der Waals surface area contributed by atoms with Crippen molar-refractivity contribution in [3.8, 4) is 0 Å². The molecule has 0 amide bonds. The first-order valence-electron chi connectivity index (χ1n) is 5.59. The largest absolute Gasteiger partial charge is 0.256 e. The lowest BCUT2D eigenvalue weighted by Gasteiger charge is -2.34. The van der Waals surface area contributed by atoms with Crippen LogP contribution in [0.5, 0.6) is 0 Å². The van der Waals surface area contributed by atoms with Crippen LogP contribution >= 0.6 is 11.8 Å². The molecule has 0 radical (unpaired) electrons. The van der Waals surface area contributed by atoms with Gasteiger partial charge in [0, 0.05) is 5.71 Å². The molecule has 78 valence electrons. The Bertz CT molecular complexity index is 424. The van der Waals surface area contributed by atoms with E-state index < -0.39 is 0 Å². The maximum absolute atomic E-state index is 4.81. The van der Waals surface area contributed by atoms with Crippen LogP contribution in [0.15, 0.2) is 29.3 Å². The van der Waals surface area contributed by atoms with Crippen molar-refractivity contribution >= 4 is 23.2 Å². The third-order valence-electron chi connectivity index (χ3n) is 3.60. The molecule has 1 aliphatic heterocycles. The average Bonchev–Trinajstić information content (AvgIpc) is 2.64. The molecule has 0 bridgehead atoms. The summed E-state index contributed by atoms with van der Waals surface area (Å²) < 4.78 is 0.231. The van der Waals surface area contributed by atoms with Crippen LogP contribution in [0.25, 0.3) is 0 Å². The zero-order chi connectivity index (χ0) is 10.3. The maximum Gasteiger partial charge on any atom is 0.0807 e. The predicted octanol–water partition coefficient (Wildman–Crippen LogP) is 3.91. The second-order valence-electron chi connectivity index (χ2n) is 4.31. The number of para-hydroxylation sites is 1. The van der Waals surface area contributed by atoms with E-state index in [4.69, 9.17) is 4.99 Å². The van der Waals surface area contributed by atoms with E-state index in [9.17, 15) is 0 Å². The van der Waals surface area contributed by atoms with Crippen molar-refractivity contribution in [3.05, 3.63) is 29.8 Å². The van der Waals surface area contributed by atoms with Gasteiger partial charge in [-0.05, 0) is 37.1 Å². The van der Waals surface area contributed by atoms with Gasteiger partial charge in [0.15, 0.2) is 0 Å². The van der Waals surface area contributed by atoms with Gasteiger partial charge >= 0.3 is 0 Å². The van der Waals surface area contributed by atoms with Crippen molar-refractivity contribution in [3.63, 3.8) is 0 Å². The molecule has 1 saturated carbocycles. The summed E-state index contributed by atoms with van der Waals surface area (Å²) in [4.78, 5) is 4.81. The summed E-state index contributed by atoms with van der Waals surface area (Å²) in [7, 11) is 0. The van der Waals surface area contributed by atoms with E-state index in [0.717, 1.165) is 0 Å². The summed E-state index contributed by atoms with van der Waals surface area (Å²) in [5.74, 6) is 0. The fraction of sp³-hybridized carbons (Fsp3) is 0.462. The molecule has 1 aromatic rings. The fourth-order valence-corrected chi connectivity index (χ4v) is 3.96. The van der Waals surface area contributed by atoms with E-state index >= 15 is 0 Å². The Morgan fingerprint density at radius 1 is 1.27 bits per heavy atom. The lowest BCUT2D eigenvalue weighted by atomic mass is 9.83. The number of thioether (sulfide) groups is 1. The molecule has 1 aromatic carbocycles. The van der Waals surface area contributed by atoms with Gasteiger partial charge in [0.1, 0.15) is 0 Å². The van der Waals surface area contributed by atoms with Gasteiger partial charge in [-0.2, -0.15) is 0 Å². The quantitative estimate of drug-likeness (QED) is 0.695. The highest BCUT2D eigenvalue weighted by atomic mass is 32.2. The molecule has 2 aliphatic rings. The van der Waals surface area contributed by atoms with Crippen molar-refractivity contribution in [2.24, 2.45) is 4.99 Å². The summed E-state index contributed by atoms with van der Waals surface area (Å²) in [5.41, 5.74) is 4.08. The zero-order valence-electron chi connectivity index (χ0n) is 8.99. The van der Waals surface area contributed by atoms with Crippen molar-refractivity contribution in [2.45, 2.75) is 30.4 Å². The minimum Gasteiger partial charge on any atom is -0.256 e. The number of hydrogen-bond acceptors (Lipinski definition) is 2.